The molecule has 0 aliphatic heterocycles. The predicted molar refractivity (Wildman–Crippen MR) is 118 cm³/mol. The number of nitrogens with two attached hydrogens (primary N) is 1. The van der Waals surface area contributed by atoms with E-state index in [1.54, 1.807) is 17.4 Å². The molecule has 5 nitrogen and oxygen atoms in total. The molecule has 162 valence electrons. The van der Waals surface area contributed by atoms with Crippen molar-refractivity contribution in [1.82, 2.24) is 0 Å². The Labute approximate surface area is 181 Å². The Morgan fingerprint density at radius 3 is 2.79 bits per heavy atom. The number of amides is 1. The minimum absolute atomic E-state index is 0.0881. The molecule has 0 spiro atoms. The van der Waals surface area contributed by atoms with E-state index < -0.39 is 18.3 Å². The standard InChI is InChI=1S/C22H32ClNO4S/c1-14-12-15(22(23)29-14)8-9-16(25)10-11-18-17(19(26)13-20(18)27)6-4-2-3-5-7-21(24)28/h2,4,10-12,16-20,25-27H,3,5-9,13H2,1H3,(H2,24,28)/b4-2-,11-10+/t16-,17+,18+,19-,20?/m0/s1. The Morgan fingerprint density at radius 1 is 1.38 bits per heavy atom. The fourth-order valence-corrected chi connectivity index (χ4v) is 5.13. The predicted octanol–water partition coefficient (Wildman–Crippen LogP) is 3.52. The van der Waals surface area contributed by atoms with Crippen molar-refractivity contribution in [2.45, 2.75) is 70.2 Å². The normalized spacial score (nSPS) is 26.0. The Balaban J connectivity index is 1.84. The van der Waals surface area contributed by atoms with E-state index in [0.717, 1.165) is 21.2 Å². The highest BCUT2D eigenvalue weighted by Gasteiger charge is 2.39. The van der Waals surface area contributed by atoms with Crippen molar-refractivity contribution < 1.29 is 20.1 Å². The van der Waals surface area contributed by atoms with Gasteiger partial charge in [-0.05, 0) is 56.6 Å². The maximum atomic E-state index is 10.7. The van der Waals surface area contributed by atoms with Crippen molar-refractivity contribution in [3.63, 3.8) is 0 Å². The molecule has 7 heteroatoms. The molecular weight excluding hydrogens is 410 g/mol. The fourth-order valence-electron chi connectivity index (χ4n) is 3.84. The molecule has 2 rings (SSSR count). The van der Waals surface area contributed by atoms with Crippen LogP contribution in [-0.2, 0) is 11.2 Å². The van der Waals surface area contributed by atoms with E-state index >= 15 is 0 Å². The molecule has 1 aliphatic carbocycles. The number of allylic oxidation sites excluding steroid dienone is 2. The summed E-state index contributed by atoms with van der Waals surface area (Å²) in [6.45, 7) is 2.01. The first-order chi connectivity index (χ1) is 13.8. The number of aliphatic hydroxyl groups is 3. The van der Waals surface area contributed by atoms with Gasteiger partial charge in [0.1, 0.15) is 0 Å². The molecule has 1 fully saturated rings. The van der Waals surface area contributed by atoms with Gasteiger partial charge in [-0.15, -0.1) is 11.3 Å². The van der Waals surface area contributed by atoms with Gasteiger partial charge in [0.05, 0.1) is 22.6 Å². The summed E-state index contributed by atoms with van der Waals surface area (Å²) in [5.74, 6) is -0.579. The first kappa shape index (κ1) is 24.1. The third-order valence-corrected chi connectivity index (χ3v) is 6.79. The number of aliphatic hydroxyl groups excluding tert-OH is 3. The summed E-state index contributed by atoms with van der Waals surface area (Å²) in [4.78, 5) is 11.9. The third kappa shape index (κ3) is 7.87. The Kier molecular flexibility index (Phi) is 9.86. The van der Waals surface area contributed by atoms with E-state index in [-0.39, 0.29) is 17.7 Å². The van der Waals surface area contributed by atoms with Crippen LogP contribution in [0.5, 0.6) is 0 Å². The molecule has 5 N–H and O–H groups in total. The summed E-state index contributed by atoms with van der Waals surface area (Å²) in [6, 6.07) is 2.05. The Bertz CT molecular complexity index is 718. The molecule has 1 heterocycles. The van der Waals surface area contributed by atoms with E-state index in [9.17, 15) is 20.1 Å². The summed E-state index contributed by atoms with van der Waals surface area (Å²) < 4.78 is 0.774. The number of thiophene rings is 1. The van der Waals surface area contributed by atoms with Crippen LogP contribution in [0.4, 0.5) is 0 Å². The van der Waals surface area contributed by atoms with E-state index in [1.807, 2.05) is 31.2 Å². The van der Waals surface area contributed by atoms with Crippen LogP contribution in [-0.4, -0.2) is 39.5 Å². The molecule has 1 unspecified atom stereocenters. The summed E-state index contributed by atoms with van der Waals surface area (Å²) >= 11 is 7.73. The first-order valence-electron chi connectivity index (χ1n) is 10.2. The lowest BCUT2D eigenvalue weighted by atomic mass is 9.89. The highest BCUT2D eigenvalue weighted by Crippen LogP contribution is 2.36. The lowest BCUT2D eigenvalue weighted by molar-refractivity contribution is -0.118. The summed E-state index contributed by atoms with van der Waals surface area (Å²) in [7, 11) is 0. The number of hydrogen-bond donors (Lipinski definition) is 4. The SMILES string of the molecule is Cc1cc(CC[C@H](O)/C=C/[C@H]2C(O)C[C@H](O)[C@@H]2C/C=C\CCCC(N)=O)c(Cl)s1. The van der Waals surface area contributed by atoms with Gasteiger partial charge in [-0.3, -0.25) is 4.79 Å². The molecule has 5 atom stereocenters. The molecule has 0 saturated heterocycles. The lowest BCUT2D eigenvalue weighted by Crippen LogP contribution is -2.20. The number of aryl methyl sites for hydroxylation is 2. The molecule has 0 bridgehead atoms. The summed E-state index contributed by atoms with van der Waals surface area (Å²) in [6.07, 6.45) is 9.82. The van der Waals surface area contributed by atoms with Crippen LogP contribution in [0.3, 0.4) is 0 Å². The second kappa shape index (κ2) is 11.9. The zero-order valence-electron chi connectivity index (χ0n) is 16.8. The smallest absolute Gasteiger partial charge is 0.217 e. The number of halogens is 1. The van der Waals surface area contributed by atoms with E-state index in [2.05, 4.69) is 0 Å². The summed E-state index contributed by atoms with van der Waals surface area (Å²) in [5.41, 5.74) is 6.17. The van der Waals surface area contributed by atoms with Gasteiger partial charge in [0.15, 0.2) is 0 Å². The second-order valence-corrected chi connectivity index (χ2v) is 9.68. The monoisotopic (exact) mass is 441 g/mol. The number of primary amides is 1. The van der Waals surface area contributed by atoms with Crippen LogP contribution in [0.1, 0.15) is 49.0 Å². The number of unbranched alkanes of at least 4 members (excludes halogenated alkanes) is 1. The fraction of sp³-hybridized carbons (Fsp3) is 0.591. The molecule has 0 aromatic carbocycles. The van der Waals surface area contributed by atoms with Crippen molar-refractivity contribution in [1.29, 1.82) is 0 Å². The second-order valence-electron chi connectivity index (χ2n) is 7.82. The van der Waals surface area contributed by atoms with Crippen LogP contribution in [0.15, 0.2) is 30.4 Å². The van der Waals surface area contributed by atoms with Crippen LogP contribution in [0, 0.1) is 18.8 Å². The van der Waals surface area contributed by atoms with Gasteiger partial charge >= 0.3 is 0 Å². The molecule has 1 amide bonds. The molecule has 1 aromatic heterocycles. The van der Waals surface area contributed by atoms with Crippen molar-refractivity contribution in [2.75, 3.05) is 0 Å². The molecule has 1 saturated carbocycles. The Morgan fingerprint density at radius 2 is 2.14 bits per heavy atom. The molecule has 0 radical (unpaired) electrons. The number of rotatable bonds is 11. The molecule has 29 heavy (non-hydrogen) atoms. The zero-order valence-corrected chi connectivity index (χ0v) is 18.4. The quantitative estimate of drug-likeness (QED) is 0.311. The van der Waals surface area contributed by atoms with Crippen molar-refractivity contribution in [3.05, 3.63) is 45.1 Å². The van der Waals surface area contributed by atoms with Crippen molar-refractivity contribution >= 4 is 28.8 Å². The van der Waals surface area contributed by atoms with Gasteiger partial charge in [0.2, 0.25) is 5.91 Å². The van der Waals surface area contributed by atoms with Gasteiger partial charge in [-0.1, -0.05) is 35.9 Å². The van der Waals surface area contributed by atoms with E-state index in [4.69, 9.17) is 17.3 Å². The topological polar surface area (TPSA) is 104 Å². The van der Waals surface area contributed by atoms with Crippen molar-refractivity contribution in [3.8, 4) is 0 Å². The minimum Gasteiger partial charge on any atom is -0.393 e. The van der Waals surface area contributed by atoms with Crippen molar-refractivity contribution in [2.24, 2.45) is 17.6 Å². The zero-order chi connectivity index (χ0) is 21.4. The van der Waals surface area contributed by atoms with Gasteiger partial charge in [0, 0.05) is 23.6 Å². The van der Waals surface area contributed by atoms with Crippen LogP contribution < -0.4 is 5.73 Å². The lowest BCUT2D eigenvalue weighted by Gasteiger charge is -2.19. The average Bonchev–Trinajstić information content (AvgIpc) is 3.11. The molecule has 1 aromatic rings. The highest BCUT2D eigenvalue weighted by atomic mass is 35.5. The van der Waals surface area contributed by atoms with Crippen LogP contribution in [0.2, 0.25) is 4.34 Å². The Hall–Kier alpha value is -1.18. The van der Waals surface area contributed by atoms with Crippen LogP contribution in [0.25, 0.3) is 0 Å². The minimum atomic E-state index is -0.624. The maximum absolute atomic E-state index is 10.7. The van der Waals surface area contributed by atoms with Crippen LogP contribution >= 0.6 is 22.9 Å². The van der Waals surface area contributed by atoms with Gasteiger partial charge < -0.3 is 21.1 Å². The number of carbonyl (C=O) groups excluding carboxylic acids is 1. The van der Waals surface area contributed by atoms with E-state index in [0.29, 0.717) is 38.5 Å². The average molecular weight is 442 g/mol. The summed E-state index contributed by atoms with van der Waals surface area (Å²) in [5, 5.41) is 30.9. The third-order valence-electron chi connectivity index (χ3n) is 5.43. The molecule has 1 aliphatic rings. The van der Waals surface area contributed by atoms with Gasteiger partial charge in [0.25, 0.3) is 0 Å². The highest BCUT2D eigenvalue weighted by molar-refractivity contribution is 7.16. The van der Waals surface area contributed by atoms with Gasteiger partial charge in [-0.2, -0.15) is 0 Å². The first-order valence-corrected chi connectivity index (χ1v) is 11.4. The molecular formula is C22H32ClNO4S. The largest absolute Gasteiger partial charge is 0.393 e. The van der Waals surface area contributed by atoms with Gasteiger partial charge in [-0.25, -0.2) is 0 Å². The number of carbonyl (C=O) groups is 1. The maximum Gasteiger partial charge on any atom is 0.217 e. The number of hydrogen-bond acceptors (Lipinski definition) is 5. The van der Waals surface area contributed by atoms with E-state index in [1.165, 1.54) is 0 Å².